The van der Waals surface area contributed by atoms with Crippen LogP contribution in [0.5, 0.6) is 0 Å². The van der Waals surface area contributed by atoms with E-state index in [1.807, 2.05) is 32.0 Å². The number of nitro benzene ring substituents is 1. The van der Waals surface area contributed by atoms with Gasteiger partial charge in [-0.3, -0.25) is 19.7 Å². The molecular formula is C19H19N3O4. The van der Waals surface area contributed by atoms with Crippen molar-refractivity contribution in [2.24, 2.45) is 5.92 Å². The number of nitrogens with one attached hydrogen (secondary N) is 1. The van der Waals surface area contributed by atoms with E-state index in [-0.39, 0.29) is 30.5 Å². The summed E-state index contributed by atoms with van der Waals surface area (Å²) in [5.74, 6) is -0.941. The number of nitrogens with zero attached hydrogens (tertiary/aromatic N) is 2. The molecule has 0 spiro atoms. The summed E-state index contributed by atoms with van der Waals surface area (Å²) >= 11 is 0. The summed E-state index contributed by atoms with van der Waals surface area (Å²) in [6, 6.07) is 11.5. The third-order valence-corrected chi connectivity index (χ3v) is 4.62. The maximum absolute atomic E-state index is 12.5. The molecule has 2 amide bonds. The molecule has 0 bridgehead atoms. The van der Waals surface area contributed by atoms with Gasteiger partial charge in [0.25, 0.3) is 5.69 Å². The van der Waals surface area contributed by atoms with Crippen LogP contribution >= 0.6 is 0 Å². The number of hydrogen-bond acceptors (Lipinski definition) is 4. The Morgan fingerprint density at radius 3 is 2.65 bits per heavy atom. The van der Waals surface area contributed by atoms with Gasteiger partial charge in [0.15, 0.2) is 0 Å². The molecule has 1 heterocycles. The predicted octanol–water partition coefficient (Wildman–Crippen LogP) is 3.20. The van der Waals surface area contributed by atoms with Crippen molar-refractivity contribution < 1.29 is 14.5 Å². The van der Waals surface area contributed by atoms with E-state index in [0.717, 1.165) is 11.1 Å². The molecule has 1 aliphatic rings. The first kappa shape index (κ1) is 17.6. The van der Waals surface area contributed by atoms with Gasteiger partial charge in [-0.15, -0.1) is 0 Å². The lowest BCUT2D eigenvalue weighted by Crippen LogP contribution is -2.28. The fourth-order valence-electron chi connectivity index (χ4n) is 2.97. The lowest BCUT2D eigenvalue weighted by atomic mass is 10.1. The second-order valence-corrected chi connectivity index (χ2v) is 6.47. The van der Waals surface area contributed by atoms with Gasteiger partial charge in [0.05, 0.1) is 16.5 Å². The van der Waals surface area contributed by atoms with Crippen molar-refractivity contribution in [3.8, 4) is 0 Å². The molecule has 1 atom stereocenters. The maximum atomic E-state index is 12.5. The van der Waals surface area contributed by atoms with E-state index in [4.69, 9.17) is 0 Å². The normalized spacial score (nSPS) is 16.6. The standard InChI is InChI=1S/C19H19N3O4/c1-12-6-7-15(8-13(12)2)20-19(24)14-9-18(23)21(11-14)16-4-3-5-17(10-16)22(25)26/h3-8,10,14H,9,11H2,1-2H3,(H,20,24)/t14-/m0/s1. The van der Waals surface area contributed by atoms with Gasteiger partial charge in [0, 0.05) is 30.8 Å². The second kappa shape index (κ2) is 6.95. The third kappa shape index (κ3) is 3.56. The first-order chi connectivity index (χ1) is 12.3. The Kier molecular flexibility index (Phi) is 4.71. The summed E-state index contributed by atoms with van der Waals surface area (Å²) in [6.07, 6.45) is 0.0827. The van der Waals surface area contributed by atoms with Crippen molar-refractivity contribution >= 4 is 28.9 Å². The fraction of sp³-hybridized carbons (Fsp3) is 0.263. The number of benzene rings is 2. The first-order valence-corrected chi connectivity index (χ1v) is 8.28. The molecule has 1 fully saturated rings. The van der Waals surface area contributed by atoms with Crippen LogP contribution in [0.15, 0.2) is 42.5 Å². The van der Waals surface area contributed by atoms with Crippen LogP contribution in [0.3, 0.4) is 0 Å². The molecule has 0 radical (unpaired) electrons. The first-order valence-electron chi connectivity index (χ1n) is 8.28. The van der Waals surface area contributed by atoms with Crippen LogP contribution in [-0.4, -0.2) is 23.3 Å². The van der Waals surface area contributed by atoms with Gasteiger partial charge in [-0.1, -0.05) is 12.1 Å². The minimum atomic E-state index is -0.506. The van der Waals surface area contributed by atoms with Crippen molar-refractivity contribution in [2.75, 3.05) is 16.8 Å². The molecule has 134 valence electrons. The number of amides is 2. The minimum Gasteiger partial charge on any atom is -0.326 e. The lowest BCUT2D eigenvalue weighted by molar-refractivity contribution is -0.384. The summed E-state index contributed by atoms with van der Waals surface area (Å²) in [6.45, 7) is 4.16. The van der Waals surface area contributed by atoms with Crippen molar-refractivity contribution in [1.29, 1.82) is 0 Å². The van der Waals surface area contributed by atoms with Crippen molar-refractivity contribution in [2.45, 2.75) is 20.3 Å². The van der Waals surface area contributed by atoms with Gasteiger partial charge in [-0.25, -0.2) is 0 Å². The number of non-ortho nitro benzene ring substituents is 1. The Labute approximate surface area is 150 Å². The number of carbonyl (C=O) groups is 2. The molecule has 0 unspecified atom stereocenters. The number of nitro groups is 1. The van der Waals surface area contributed by atoms with E-state index < -0.39 is 10.8 Å². The number of anilines is 2. The average molecular weight is 353 g/mol. The van der Waals surface area contributed by atoms with E-state index in [1.165, 1.54) is 23.1 Å². The molecule has 26 heavy (non-hydrogen) atoms. The molecular weight excluding hydrogens is 334 g/mol. The molecule has 0 saturated carbocycles. The quantitative estimate of drug-likeness (QED) is 0.675. The Hall–Kier alpha value is -3.22. The van der Waals surface area contributed by atoms with Gasteiger partial charge >= 0.3 is 0 Å². The Bertz CT molecular complexity index is 894. The number of hydrogen-bond donors (Lipinski definition) is 1. The SMILES string of the molecule is Cc1ccc(NC(=O)[C@H]2CC(=O)N(c3cccc([N+](=O)[O-])c3)C2)cc1C. The molecule has 0 aromatic heterocycles. The molecule has 1 saturated heterocycles. The lowest BCUT2D eigenvalue weighted by Gasteiger charge is -2.16. The summed E-state index contributed by atoms with van der Waals surface area (Å²) in [5, 5.41) is 13.8. The van der Waals surface area contributed by atoms with E-state index >= 15 is 0 Å². The van der Waals surface area contributed by atoms with Crippen LogP contribution in [-0.2, 0) is 9.59 Å². The zero-order chi connectivity index (χ0) is 18.8. The van der Waals surface area contributed by atoms with Crippen LogP contribution in [0.1, 0.15) is 17.5 Å². The molecule has 0 aliphatic carbocycles. The summed E-state index contributed by atoms with van der Waals surface area (Å²) in [4.78, 5) is 36.6. The molecule has 1 aliphatic heterocycles. The predicted molar refractivity (Wildman–Crippen MR) is 98.1 cm³/mol. The van der Waals surface area contributed by atoms with E-state index in [2.05, 4.69) is 5.32 Å². The maximum Gasteiger partial charge on any atom is 0.271 e. The van der Waals surface area contributed by atoms with Crippen LogP contribution < -0.4 is 10.2 Å². The van der Waals surface area contributed by atoms with Crippen LogP contribution in [0, 0.1) is 29.9 Å². The zero-order valence-electron chi connectivity index (χ0n) is 14.6. The van der Waals surface area contributed by atoms with E-state index in [0.29, 0.717) is 11.4 Å². The van der Waals surface area contributed by atoms with Gasteiger partial charge in [-0.2, -0.15) is 0 Å². The number of rotatable bonds is 4. The van der Waals surface area contributed by atoms with Gasteiger partial charge in [-0.05, 0) is 43.2 Å². The van der Waals surface area contributed by atoms with Crippen LogP contribution in [0.4, 0.5) is 17.1 Å². The largest absolute Gasteiger partial charge is 0.326 e. The van der Waals surface area contributed by atoms with Gasteiger partial charge in [0.1, 0.15) is 0 Å². The van der Waals surface area contributed by atoms with E-state index in [1.54, 1.807) is 6.07 Å². The second-order valence-electron chi connectivity index (χ2n) is 6.47. The summed E-state index contributed by atoms with van der Waals surface area (Å²) in [5.41, 5.74) is 3.25. The average Bonchev–Trinajstić information content (AvgIpc) is 3.00. The third-order valence-electron chi connectivity index (χ3n) is 4.62. The van der Waals surface area contributed by atoms with Crippen LogP contribution in [0.25, 0.3) is 0 Å². The summed E-state index contributed by atoms with van der Waals surface area (Å²) < 4.78 is 0. The highest BCUT2D eigenvalue weighted by Gasteiger charge is 2.35. The molecule has 3 rings (SSSR count). The molecule has 2 aromatic carbocycles. The van der Waals surface area contributed by atoms with Crippen LogP contribution in [0.2, 0.25) is 0 Å². The van der Waals surface area contributed by atoms with Gasteiger partial charge < -0.3 is 10.2 Å². The zero-order valence-corrected chi connectivity index (χ0v) is 14.6. The minimum absolute atomic E-state index is 0.0827. The molecule has 7 nitrogen and oxygen atoms in total. The highest BCUT2D eigenvalue weighted by Crippen LogP contribution is 2.28. The fourth-order valence-corrected chi connectivity index (χ4v) is 2.97. The Morgan fingerprint density at radius 1 is 1.19 bits per heavy atom. The number of aryl methyl sites for hydroxylation is 2. The Balaban J connectivity index is 1.72. The molecule has 2 aromatic rings. The number of carbonyl (C=O) groups excluding carboxylic acids is 2. The molecule has 1 N–H and O–H groups in total. The van der Waals surface area contributed by atoms with Crippen molar-refractivity contribution in [1.82, 2.24) is 0 Å². The topological polar surface area (TPSA) is 92.6 Å². The van der Waals surface area contributed by atoms with Gasteiger partial charge in [0.2, 0.25) is 11.8 Å². The Morgan fingerprint density at radius 2 is 1.96 bits per heavy atom. The molecule has 7 heteroatoms. The monoisotopic (exact) mass is 353 g/mol. The summed E-state index contributed by atoms with van der Waals surface area (Å²) in [7, 11) is 0. The highest BCUT2D eigenvalue weighted by molar-refractivity contribution is 6.03. The highest BCUT2D eigenvalue weighted by atomic mass is 16.6. The van der Waals surface area contributed by atoms with E-state index in [9.17, 15) is 19.7 Å². The smallest absolute Gasteiger partial charge is 0.271 e. The van der Waals surface area contributed by atoms with Crippen molar-refractivity contribution in [3.63, 3.8) is 0 Å². The van der Waals surface area contributed by atoms with Crippen molar-refractivity contribution in [3.05, 3.63) is 63.7 Å².